The van der Waals surface area contributed by atoms with Crippen LogP contribution < -0.4 is 11.1 Å². The molecule has 2 aromatic rings. The molecule has 4 heterocycles. The summed E-state index contributed by atoms with van der Waals surface area (Å²) < 4.78 is 41.9. The molecule has 0 spiro atoms. The summed E-state index contributed by atoms with van der Waals surface area (Å²) in [6, 6.07) is 0. The number of nitrogens with one attached hydrogen (secondary N) is 1. The number of anilines is 1. The average molecular weight is 621 g/mol. The lowest BCUT2D eigenvalue weighted by atomic mass is 9.87. The van der Waals surface area contributed by atoms with Gasteiger partial charge in [-0.05, 0) is 20.8 Å². The second-order valence-electron chi connectivity index (χ2n) is 11.0. The first-order chi connectivity index (χ1) is 19.0. The minimum atomic E-state index is -4.33. The van der Waals surface area contributed by atoms with Crippen molar-refractivity contribution in [1.82, 2.24) is 24.8 Å². The molecular formula is C23H34ClN6O10P. The lowest BCUT2D eigenvalue weighted by molar-refractivity contribution is -0.147. The number of imidazole rings is 1. The molecule has 0 aromatic carbocycles. The number of aromatic nitrogens is 4. The average Bonchev–Trinajstić information content (AvgIpc) is 3.37. The van der Waals surface area contributed by atoms with Crippen molar-refractivity contribution in [2.75, 3.05) is 25.5 Å². The van der Waals surface area contributed by atoms with E-state index < -0.39 is 61.9 Å². The van der Waals surface area contributed by atoms with Gasteiger partial charge in [-0.3, -0.25) is 27.7 Å². The highest BCUT2D eigenvalue weighted by Gasteiger charge is 2.55. The fourth-order valence-electron chi connectivity index (χ4n) is 4.41. The van der Waals surface area contributed by atoms with Crippen LogP contribution in [-0.4, -0.2) is 91.4 Å². The van der Waals surface area contributed by atoms with Crippen LogP contribution in [0.5, 0.6) is 0 Å². The van der Waals surface area contributed by atoms with Crippen molar-refractivity contribution < 1.29 is 47.4 Å². The van der Waals surface area contributed by atoms with Gasteiger partial charge in [-0.2, -0.15) is 9.97 Å². The normalized spacial score (nSPS) is 31.4. The van der Waals surface area contributed by atoms with E-state index in [0.29, 0.717) is 0 Å². The molecule has 2 aromatic heterocycles. The Morgan fingerprint density at radius 3 is 2.73 bits per heavy atom. The predicted octanol–water partition coefficient (Wildman–Crippen LogP) is 1.10. The summed E-state index contributed by atoms with van der Waals surface area (Å²) in [5.74, 6) is -1.23. The van der Waals surface area contributed by atoms with Gasteiger partial charge < -0.3 is 30.7 Å². The summed E-state index contributed by atoms with van der Waals surface area (Å²) in [6.45, 7) is 7.40. The van der Waals surface area contributed by atoms with Gasteiger partial charge in [0.15, 0.2) is 23.1 Å². The smallest absolute Gasteiger partial charge is 0.463 e. The highest BCUT2D eigenvalue weighted by Crippen LogP contribution is 2.57. The summed E-state index contributed by atoms with van der Waals surface area (Å²) in [5, 5.41) is 24.5. The number of hydrogen-bond donors (Lipinski definition) is 4. The number of nitrogens with zero attached hydrogens (tertiary/aromatic N) is 4. The van der Waals surface area contributed by atoms with Crippen LogP contribution in [0.15, 0.2) is 6.33 Å². The zero-order chi connectivity index (χ0) is 30.3. The van der Waals surface area contributed by atoms with Crippen molar-refractivity contribution >= 4 is 48.4 Å². The van der Waals surface area contributed by atoms with Crippen molar-refractivity contribution in [3.63, 3.8) is 0 Å². The summed E-state index contributed by atoms with van der Waals surface area (Å²) in [6.07, 6.45) is -4.27. The van der Waals surface area contributed by atoms with Crippen molar-refractivity contribution in [1.29, 1.82) is 0 Å². The number of amides is 1. The Labute approximate surface area is 240 Å². The van der Waals surface area contributed by atoms with E-state index >= 15 is 0 Å². The van der Waals surface area contributed by atoms with Gasteiger partial charge in [0.1, 0.15) is 23.3 Å². The maximum Gasteiger partial charge on any atom is 0.475 e. The molecule has 5 N–H and O–H groups in total. The van der Waals surface area contributed by atoms with Crippen molar-refractivity contribution in [3.05, 3.63) is 11.5 Å². The fourth-order valence-corrected chi connectivity index (χ4v) is 6.28. The second-order valence-corrected chi connectivity index (χ2v) is 12.9. The van der Waals surface area contributed by atoms with E-state index in [1.807, 2.05) is 0 Å². The van der Waals surface area contributed by atoms with Crippen LogP contribution >= 0.6 is 19.4 Å². The largest absolute Gasteiger partial charge is 0.475 e. The highest BCUT2D eigenvalue weighted by molar-refractivity contribution is 7.48. The van der Waals surface area contributed by atoms with Crippen molar-refractivity contribution in [2.24, 2.45) is 5.41 Å². The Hall–Kier alpha value is -2.43. The number of ether oxygens (including phenoxy) is 2. The standard InChI is InChI=1S/C23H34ClN6O10P/c1-11(2)38-13(31)6-7-26-19(33)16-22(3,4)9-37-41(35,40-16)36-8-12-15(32)23(5,34)20(39-12)30-10-27-14-17(24)28-21(25)29-18(14)30/h10-12,15-16,20,32,34H,6-9H2,1-5H3,(H,26,33)(H2,25,28,29)/t12-,15-,16+,20-,23-,41?/m1/s1. The Kier molecular flexibility index (Phi) is 8.98. The molecule has 0 saturated carbocycles. The number of aliphatic hydroxyl groups is 2. The van der Waals surface area contributed by atoms with Crippen LogP contribution in [0.4, 0.5) is 5.95 Å². The van der Waals surface area contributed by atoms with Crippen LogP contribution in [0.25, 0.3) is 11.2 Å². The number of nitrogen functional groups attached to an aromatic ring is 1. The van der Waals surface area contributed by atoms with E-state index in [4.69, 9.17) is 40.4 Å². The van der Waals surface area contributed by atoms with E-state index in [0.717, 1.165) is 0 Å². The molecule has 2 aliphatic rings. The second kappa shape index (κ2) is 11.7. The monoisotopic (exact) mass is 620 g/mol. The third kappa shape index (κ3) is 6.65. The van der Waals surface area contributed by atoms with Crippen LogP contribution in [0.3, 0.4) is 0 Å². The summed E-state index contributed by atoms with van der Waals surface area (Å²) in [7, 11) is -4.33. The number of hydrogen-bond acceptors (Lipinski definition) is 14. The SMILES string of the molecule is CC(C)OC(=O)CCNC(=O)[C@@H]1OP(=O)(OC[C@H]2O[C@@H](n3cnc4c(Cl)nc(N)nc43)[C@](C)(O)[C@@H]2O)OCC1(C)C. The molecule has 2 fully saturated rings. The third-order valence-corrected chi connectivity index (χ3v) is 8.22. The first-order valence-electron chi connectivity index (χ1n) is 12.8. The lowest BCUT2D eigenvalue weighted by Gasteiger charge is -2.39. The number of phosphoric ester groups is 1. The summed E-state index contributed by atoms with van der Waals surface area (Å²) in [4.78, 5) is 36.7. The number of esters is 1. The molecule has 1 unspecified atom stereocenters. The molecule has 0 aliphatic carbocycles. The van der Waals surface area contributed by atoms with Crippen LogP contribution in [0.1, 0.15) is 47.3 Å². The van der Waals surface area contributed by atoms with Gasteiger partial charge in [0.25, 0.3) is 0 Å². The van der Waals surface area contributed by atoms with Gasteiger partial charge in [-0.15, -0.1) is 0 Å². The molecule has 16 nitrogen and oxygen atoms in total. The highest BCUT2D eigenvalue weighted by atomic mass is 35.5. The summed E-state index contributed by atoms with van der Waals surface area (Å²) >= 11 is 6.09. The predicted molar refractivity (Wildman–Crippen MR) is 142 cm³/mol. The van der Waals surface area contributed by atoms with E-state index in [2.05, 4.69) is 20.3 Å². The number of aliphatic hydroxyl groups excluding tert-OH is 1. The molecule has 2 aliphatic heterocycles. The molecular weight excluding hydrogens is 587 g/mol. The molecule has 41 heavy (non-hydrogen) atoms. The van der Waals surface area contributed by atoms with Gasteiger partial charge in [-0.25, -0.2) is 9.55 Å². The topological polar surface area (TPSA) is 219 Å². The van der Waals surface area contributed by atoms with E-state index in [-0.39, 0.29) is 47.9 Å². The van der Waals surface area contributed by atoms with E-state index in [1.54, 1.807) is 27.7 Å². The molecule has 6 atom stereocenters. The maximum absolute atomic E-state index is 13.3. The van der Waals surface area contributed by atoms with Gasteiger partial charge in [0.05, 0.1) is 32.1 Å². The molecule has 0 bridgehead atoms. The molecule has 18 heteroatoms. The van der Waals surface area contributed by atoms with Crippen molar-refractivity contribution in [3.8, 4) is 0 Å². The fraction of sp³-hybridized carbons (Fsp3) is 0.696. The minimum absolute atomic E-state index is 0.00831. The number of phosphoric acid groups is 1. The number of nitrogens with two attached hydrogens (primary N) is 1. The van der Waals surface area contributed by atoms with Gasteiger partial charge in [0.2, 0.25) is 11.9 Å². The van der Waals surface area contributed by atoms with Crippen LogP contribution in [0, 0.1) is 5.41 Å². The van der Waals surface area contributed by atoms with Gasteiger partial charge in [-0.1, -0.05) is 25.4 Å². The Bertz CT molecular complexity index is 1350. The van der Waals surface area contributed by atoms with Gasteiger partial charge in [0, 0.05) is 12.0 Å². The third-order valence-electron chi connectivity index (χ3n) is 6.57. The molecule has 4 rings (SSSR count). The van der Waals surface area contributed by atoms with Gasteiger partial charge >= 0.3 is 13.8 Å². The zero-order valence-electron chi connectivity index (χ0n) is 23.1. The quantitative estimate of drug-likeness (QED) is 0.175. The number of halogens is 1. The molecule has 1 amide bonds. The molecule has 0 radical (unpaired) electrons. The molecule has 2 saturated heterocycles. The first-order valence-corrected chi connectivity index (χ1v) is 14.6. The van der Waals surface area contributed by atoms with Crippen LogP contribution in [0.2, 0.25) is 5.15 Å². The Balaban J connectivity index is 1.42. The number of carbonyl (C=O) groups is 2. The van der Waals surface area contributed by atoms with E-state index in [1.165, 1.54) is 17.8 Å². The number of fused-ring (bicyclic) bond motifs is 1. The number of carbonyl (C=O) groups excluding carboxylic acids is 2. The van der Waals surface area contributed by atoms with Crippen molar-refractivity contribution in [2.45, 2.75) is 77.3 Å². The zero-order valence-corrected chi connectivity index (χ0v) is 24.8. The minimum Gasteiger partial charge on any atom is -0.463 e. The van der Waals surface area contributed by atoms with Crippen LogP contribution in [-0.2, 0) is 37.2 Å². The Morgan fingerprint density at radius 2 is 2.05 bits per heavy atom. The van der Waals surface area contributed by atoms with E-state index in [9.17, 15) is 24.4 Å². The molecule has 228 valence electrons. The lowest BCUT2D eigenvalue weighted by Crippen LogP contribution is -2.50. The maximum atomic E-state index is 13.3. The first kappa shape index (κ1) is 31.5. The Morgan fingerprint density at radius 1 is 1.34 bits per heavy atom. The summed E-state index contributed by atoms with van der Waals surface area (Å²) in [5.41, 5.74) is 3.27. The number of rotatable bonds is 9.